The van der Waals surface area contributed by atoms with E-state index in [9.17, 15) is 4.79 Å². The molecular weight excluding hydrogens is 252 g/mol. The Labute approximate surface area is 116 Å². The van der Waals surface area contributed by atoms with E-state index in [4.69, 9.17) is 10.5 Å². The highest BCUT2D eigenvalue weighted by Gasteiger charge is 2.32. The van der Waals surface area contributed by atoms with Gasteiger partial charge >= 0.3 is 0 Å². The molecule has 4 nitrogen and oxygen atoms in total. The molecule has 0 unspecified atom stereocenters. The van der Waals surface area contributed by atoms with Gasteiger partial charge in [0.1, 0.15) is 0 Å². The van der Waals surface area contributed by atoms with Crippen LogP contribution in [0.2, 0.25) is 0 Å². The summed E-state index contributed by atoms with van der Waals surface area (Å²) in [5.74, 6) is 0.650. The van der Waals surface area contributed by atoms with Crippen LogP contribution in [0.15, 0.2) is 0 Å². The van der Waals surface area contributed by atoms with Crippen molar-refractivity contribution in [1.82, 2.24) is 4.90 Å². The maximum Gasteiger partial charge on any atom is 0.223 e. The van der Waals surface area contributed by atoms with Crippen LogP contribution in [0.1, 0.15) is 39.5 Å². The molecule has 2 fully saturated rings. The highest BCUT2D eigenvalue weighted by molar-refractivity contribution is 5.85. The second-order valence-corrected chi connectivity index (χ2v) is 5.98. The average molecular weight is 277 g/mol. The lowest BCUT2D eigenvalue weighted by atomic mass is 9.98. The van der Waals surface area contributed by atoms with Crippen molar-refractivity contribution in [2.75, 3.05) is 19.7 Å². The fourth-order valence-corrected chi connectivity index (χ4v) is 2.90. The van der Waals surface area contributed by atoms with Crippen molar-refractivity contribution in [3.8, 4) is 0 Å². The van der Waals surface area contributed by atoms with Crippen LogP contribution in [0.3, 0.4) is 0 Å². The predicted octanol–water partition coefficient (Wildman–Crippen LogP) is 1.56. The van der Waals surface area contributed by atoms with Crippen LogP contribution < -0.4 is 5.73 Å². The van der Waals surface area contributed by atoms with Gasteiger partial charge in [-0.15, -0.1) is 12.4 Å². The molecule has 5 heteroatoms. The average Bonchev–Trinajstić information content (AvgIpc) is 2.63. The van der Waals surface area contributed by atoms with E-state index in [1.807, 2.05) is 18.7 Å². The van der Waals surface area contributed by atoms with Crippen molar-refractivity contribution in [3.63, 3.8) is 0 Å². The molecule has 0 aromatic heterocycles. The molecule has 1 saturated carbocycles. The minimum Gasteiger partial charge on any atom is -0.372 e. The van der Waals surface area contributed by atoms with Gasteiger partial charge in [-0.1, -0.05) is 6.42 Å². The van der Waals surface area contributed by atoms with Gasteiger partial charge in [-0.25, -0.2) is 0 Å². The van der Waals surface area contributed by atoms with E-state index in [1.165, 1.54) is 6.42 Å². The van der Waals surface area contributed by atoms with Gasteiger partial charge in [0.2, 0.25) is 5.91 Å². The predicted molar refractivity (Wildman–Crippen MR) is 73.8 cm³/mol. The largest absolute Gasteiger partial charge is 0.372 e. The molecule has 18 heavy (non-hydrogen) atoms. The summed E-state index contributed by atoms with van der Waals surface area (Å²) in [6.45, 7) is 6.15. The highest BCUT2D eigenvalue weighted by Crippen LogP contribution is 2.28. The van der Waals surface area contributed by atoms with Crippen LogP contribution in [0.4, 0.5) is 0 Å². The Hall–Kier alpha value is -0.320. The standard InChI is InChI=1S/C13H24N2O2.ClH/c1-13(2)9-15(6-7-17-13)12(16)8-10-4-3-5-11(10)14;/h10-11H,3-9,14H2,1-2H3;1H/t10-,11+;/m0./s1. The summed E-state index contributed by atoms with van der Waals surface area (Å²) < 4.78 is 5.62. The lowest BCUT2D eigenvalue weighted by molar-refractivity contribution is -0.146. The number of halogens is 1. The zero-order chi connectivity index (χ0) is 12.5. The zero-order valence-corrected chi connectivity index (χ0v) is 12.2. The van der Waals surface area contributed by atoms with E-state index in [0.29, 0.717) is 25.5 Å². The van der Waals surface area contributed by atoms with Crippen molar-refractivity contribution in [2.24, 2.45) is 11.7 Å². The second kappa shape index (κ2) is 6.22. The molecule has 1 heterocycles. The van der Waals surface area contributed by atoms with Crippen molar-refractivity contribution in [1.29, 1.82) is 0 Å². The molecule has 1 aliphatic carbocycles. The van der Waals surface area contributed by atoms with Crippen LogP contribution in [0.25, 0.3) is 0 Å². The quantitative estimate of drug-likeness (QED) is 0.833. The number of amides is 1. The van der Waals surface area contributed by atoms with E-state index >= 15 is 0 Å². The first-order valence-corrected chi connectivity index (χ1v) is 6.65. The van der Waals surface area contributed by atoms with Crippen LogP contribution in [-0.4, -0.2) is 42.1 Å². The van der Waals surface area contributed by atoms with E-state index in [2.05, 4.69) is 0 Å². The smallest absolute Gasteiger partial charge is 0.223 e. The van der Waals surface area contributed by atoms with Gasteiger partial charge in [0.25, 0.3) is 0 Å². The van der Waals surface area contributed by atoms with Gasteiger partial charge in [-0.05, 0) is 32.6 Å². The van der Waals surface area contributed by atoms with Crippen LogP contribution in [0, 0.1) is 5.92 Å². The fraction of sp³-hybridized carbons (Fsp3) is 0.923. The summed E-state index contributed by atoms with van der Waals surface area (Å²) in [7, 11) is 0. The van der Waals surface area contributed by atoms with Gasteiger partial charge in [-0.3, -0.25) is 4.79 Å². The number of nitrogens with two attached hydrogens (primary N) is 1. The number of carbonyl (C=O) groups excluding carboxylic acids is 1. The van der Waals surface area contributed by atoms with Crippen molar-refractivity contribution >= 4 is 18.3 Å². The number of ether oxygens (including phenoxy) is 1. The van der Waals surface area contributed by atoms with Crippen LogP contribution in [-0.2, 0) is 9.53 Å². The Bertz CT molecular complexity index is 297. The molecule has 0 aromatic rings. The number of rotatable bonds is 2. The first kappa shape index (κ1) is 15.7. The van der Waals surface area contributed by atoms with Crippen molar-refractivity contribution < 1.29 is 9.53 Å². The van der Waals surface area contributed by atoms with Gasteiger partial charge < -0.3 is 15.4 Å². The first-order valence-electron chi connectivity index (χ1n) is 6.65. The van der Waals surface area contributed by atoms with E-state index in [-0.39, 0.29) is 30.0 Å². The summed E-state index contributed by atoms with van der Waals surface area (Å²) in [5, 5.41) is 0. The molecule has 2 N–H and O–H groups in total. The molecule has 1 amide bonds. The molecule has 2 rings (SSSR count). The number of carbonyl (C=O) groups is 1. The summed E-state index contributed by atoms with van der Waals surface area (Å²) in [6, 6.07) is 0.230. The number of hydrogen-bond donors (Lipinski definition) is 1. The molecule has 1 aliphatic heterocycles. The normalized spacial score (nSPS) is 30.9. The molecule has 0 aromatic carbocycles. The Morgan fingerprint density at radius 2 is 2.17 bits per heavy atom. The maximum atomic E-state index is 12.2. The zero-order valence-electron chi connectivity index (χ0n) is 11.4. The number of hydrogen-bond acceptors (Lipinski definition) is 3. The maximum absolute atomic E-state index is 12.2. The van der Waals surface area contributed by atoms with E-state index in [0.717, 1.165) is 19.4 Å². The Morgan fingerprint density at radius 1 is 1.44 bits per heavy atom. The fourth-order valence-electron chi connectivity index (χ4n) is 2.90. The van der Waals surface area contributed by atoms with Gasteiger partial charge in [-0.2, -0.15) is 0 Å². The van der Waals surface area contributed by atoms with Crippen LogP contribution in [0.5, 0.6) is 0 Å². The summed E-state index contributed by atoms with van der Waals surface area (Å²) in [6.07, 6.45) is 3.98. The van der Waals surface area contributed by atoms with Gasteiger partial charge in [0.15, 0.2) is 0 Å². The van der Waals surface area contributed by atoms with E-state index in [1.54, 1.807) is 0 Å². The minimum absolute atomic E-state index is 0. The highest BCUT2D eigenvalue weighted by atomic mass is 35.5. The summed E-state index contributed by atoms with van der Waals surface area (Å²) >= 11 is 0. The summed E-state index contributed by atoms with van der Waals surface area (Å²) in [4.78, 5) is 14.1. The van der Waals surface area contributed by atoms with Gasteiger partial charge in [0, 0.05) is 25.6 Å². The van der Waals surface area contributed by atoms with Gasteiger partial charge in [0.05, 0.1) is 12.2 Å². The molecule has 2 atom stereocenters. The Kier molecular flexibility index (Phi) is 5.44. The second-order valence-electron chi connectivity index (χ2n) is 5.98. The topological polar surface area (TPSA) is 55.6 Å². The Morgan fingerprint density at radius 3 is 2.72 bits per heavy atom. The lowest BCUT2D eigenvalue weighted by Crippen LogP contribution is -2.51. The number of nitrogens with zero attached hydrogens (tertiary/aromatic N) is 1. The van der Waals surface area contributed by atoms with E-state index < -0.39 is 0 Å². The molecule has 106 valence electrons. The molecule has 0 bridgehead atoms. The minimum atomic E-state index is -0.203. The van der Waals surface area contributed by atoms with Crippen molar-refractivity contribution in [2.45, 2.75) is 51.2 Å². The molecule has 0 radical (unpaired) electrons. The van der Waals surface area contributed by atoms with Crippen LogP contribution >= 0.6 is 12.4 Å². The third-order valence-corrected chi connectivity index (χ3v) is 3.93. The molecular formula is C13H25ClN2O2. The number of morpholine rings is 1. The molecule has 2 aliphatic rings. The van der Waals surface area contributed by atoms with Crippen molar-refractivity contribution in [3.05, 3.63) is 0 Å². The molecule has 0 spiro atoms. The Balaban J connectivity index is 0.00000162. The lowest BCUT2D eigenvalue weighted by Gasteiger charge is -2.38. The summed E-state index contributed by atoms with van der Waals surface area (Å²) in [5.41, 5.74) is 5.81. The third-order valence-electron chi connectivity index (χ3n) is 3.93. The third kappa shape index (κ3) is 3.84. The monoisotopic (exact) mass is 276 g/mol. The molecule has 1 saturated heterocycles. The first-order chi connectivity index (χ1) is 7.98. The SMILES string of the molecule is CC1(C)CN(C(=O)C[C@@H]2CCC[C@H]2N)CCO1.Cl.